The van der Waals surface area contributed by atoms with Crippen molar-refractivity contribution in [3.05, 3.63) is 35.9 Å². The van der Waals surface area contributed by atoms with Gasteiger partial charge in [-0.2, -0.15) is 0 Å². The highest BCUT2D eigenvalue weighted by Crippen LogP contribution is 2.28. The molecule has 1 aliphatic carbocycles. The fourth-order valence-corrected chi connectivity index (χ4v) is 2.05. The average Bonchev–Trinajstić information content (AvgIpc) is 2.67. The molecule has 0 saturated heterocycles. The van der Waals surface area contributed by atoms with E-state index in [0.717, 1.165) is 0 Å². The standard InChI is InChI=1S/C13H15FO3/c14-11-6-9(7-12(11)15)8-17-13(16)10-4-2-1-3-5-10/h1-5,9,11-12,15H,6-8H2/t9-,11+,12+/m1/s1. The maximum absolute atomic E-state index is 13.0. The van der Waals surface area contributed by atoms with E-state index in [-0.39, 0.29) is 18.9 Å². The molecule has 1 fully saturated rings. The van der Waals surface area contributed by atoms with Crippen molar-refractivity contribution >= 4 is 5.97 Å². The average molecular weight is 238 g/mol. The number of carbonyl (C=O) groups excluding carboxylic acids is 1. The Morgan fingerprint density at radius 3 is 2.65 bits per heavy atom. The molecule has 0 amide bonds. The Hall–Kier alpha value is -1.42. The maximum Gasteiger partial charge on any atom is 0.338 e. The van der Waals surface area contributed by atoms with Crippen molar-refractivity contribution < 1.29 is 19.0 Å². The monoisotopic (exact) mass is 238 g/mol. The van der Waals surface area contributed by atoms with E-state index in [1.54, 1.807) is 24.3 Å². The summed E-state index contributed by atoms with van der Waals surface area (Å²) in [7, 11) is 0. The van der Waals surface area contributed by atoms with Gasteiger partial charge in [-0.25, -0.2) is 9.18 Å². The Morgan fingerprint density at radius 1 is 1.35 bits per heavy atom. The van der Waals surface area contributed by atoms with E-state index in [1.165, 1.54) is 0 Å². The number of rotatable bonds is 3. The molecular formula is C13H15FO3. The third kappa shape index (κ3) is 3.03. The number of carbonyl (C=O) groups is 1. The summed E-state index contributed by atoms with van der Waals surface area (Å²) in [5.41, 5.74) is 0.489. The van der Waals surface area contributed by atoms with Crippen LogP contribution in [-0.4, -0.2) is 30.0 Å². The van der Waals surface area contributed by atoms with Crippen LogP contribution in [0.3, 0.4) is 0 Å². The molecule has 3 nitrogen and oxygen atoms in total. The van der Waals surface area contributed by atoms with Crippen LogP contribution in [-0.2, 0) is 4.74 Å². The molecular weight excluding hydrogens is 223 g/mol. The molecule has 92 valence electrons. The van der Waals surface area contributed by atoms with Crippen molar-refractivity contribution in [2.45, 2.75) is 25.1 Å². The van der Waals surface area contributed by atoms with Gasteiger partial charge < -0.3 is 9.84 Å². The predicted octanol–water partition coefficient (Wildman–Crippen LogP) is 1.95. The number of esters is 1. The summed E-state index contributed by atoms with van der Waals surface area (Å²) >= 11 is 0. The molecule has 1 aromatic carbocycles. The minimum atomic E-state index is -1.18. The van der Waals surface area contributed by atoms with E-state index >= 15 is 0 Å². The van der Waals surface area contributed by atoms with E-state index in [0.29, 0.717) is 12.0 Å². The van der Waals surface area contributed by atoms with Crippen LogP contribution in [0.5, 0.6) is 0 Å². The van der Waals surface area contributed by atoms with Crippen LogP contribution in [0.2, 0.25) is 0 Å². The molecule has 0 heterocycles. The minimum Gasteiger partial charge on any atom is -0.462 e. The molecule has 1 aromatic rings. The maximum atomic E-state index is 13.0. The summed E-state index contributed by atoms with van der Waals surface area (Å²) in [6.07, 6.45) is -1.46. The molecule has 0 aliphatic heterocycles. The highest BCUT2D eigenvalue weighted by atomic mass is 19.1. The molecule has 4 heteroatoms. The van der Waals surface area contributed by atoms with Gasteiger partial charge in [-0.15, -0.1) is 0 Å². The second-order valence-corrected chi connectivity index (χ2v) is 4.39. The minimum absolute atomic E-state index is 0.0762. The summed E-state index contributed by atoms with van der Waals surface area (Å²) in [5, 5.41) is 9.23. The summed E-state index contributed by atoms with van der Waals surface area (Å²) in [6, 6.07) is 8.67. The lowest BCUT2D eigenvalue weighted by molar-refractivity contribution is 0.0431. The lowest BCUT2D eigenvalue weighted by Crippen LogP contribution is -2.13. The zero-order valence-corrected chi connectivity index (χ0v) is 9.38. The van der Waals surface area contributed by atoms with Crippen molar-refractivity contribution in [3.8, 4) is 0 Å². The van der Waals surface area contributed by atoms with Gasteiger partial charge in [0.25, 0.3) is 0 Å². The van der Waals surface area contributed by atoms with Crippen LogP contribution in [0.1, 0.15) is 23.2 Å². The molecule has 0 aromatic heterocycles. The Kier molecular flexibility index (Phi) is 3.74. The summed E-state index contributed by atoms with van der Waals surface area (Å²) in [6.45, 7) is 0.172. The first-order valence-corrected chi connectivity index (χ1v) is 5.71. The SMILES string of the molecule is O=C(OC[C@H]1C[C@H](O)[C@@H](F)C1)c1ccccc1. The highest BCUT2D eigenvalue weighted by molar-refractivity contribution is 5.89. The van der Waals surface area contributed by atoms with E-state index in [9.17, 15) is 14.3 Å². The first-order valence-electron chi connectivity index (χ1n) is 5.71. The molecule has 0 bridgehead atoms. The van der Waals surface area contributed by atoms with Crippen LogP contribution in [0, 0.1) is 5.92 Å². The topological polar surface area (TPSA) is 46.5 Å². The molecule has 17 heavy (non-hydrogen) atoms. The van der Waals surface area contributed by atoms with Crippen LogP contribution in [0.15, 0.2) is 30.3 Å². The molecule has 1 aliphatic rings. The number of ether oxygens (including phenoxy) is 1. The molecule has 2 rings (SSSR count). The van der Waals surface area contributed by atoms with Gasteiger partial charge in [-0.3, -0.25) is 0 Å². The zero-order chi connectivity index (χ0) is 12.3. The van der Waals surface area contributed by atoms with Crippen LogP contribution in [0.4, 0.5) is 4.39 Å². The number of benzene rings is 1. The Labute approximate surface area is 99.2 Å². The van der Waals surface area contributed by atoms with Crippen molar-refractivity contribution in [1.82, 2.24) is 0 Å². The van der Waals surface area contributed by atoms with Crippen molar-refractivity contribution in [1.29, 1.82) is 0 Å². The normalized spacial score (nSPS) is 28.0. The summed E-state index contributed by atoms with van der Waals surface area (Å²) in [5.74, 6) is -0.477. The first kappa shape index (κ1) is 12.0. The smallest absolute Gasteiger partial charge is 0.338 e. The third-order valence-electron chi connectivity index (χ3n) is 3.01. The lowest BCUT2D eigenvalue weighted by atomic mass is 10.1. The number of hydrogen-bond donors (Lipinski definition) is 1. The van der Waals surface area contributed by atoms with E-state index in [4.69, 9.17) is 4.74 Å². The fraction of sp³-hybridized carbons (Fsp3) is 0.462. The zero-order valence-electron chi connectivity index (χ0n) is 9.38. The van der Waals surface area contributed by atoms with Gasteiger partial charge in [0.1, 0.15) is 6.17 Å². The molecule has 0 spiro atoms. The second kappa shape index (κ2) is 5.27. The largest absolute Gasteiger partial charge is 0.462 e. The van der Waals surface area contributed by atoms with Crippen molar-refractivity contribution in [2.75, 3.05) is 6.61 Å². The number of aliphatic hydroxyl groups is 1. The fourth-order valence-electron chi connectivity index (χ4n) is 2.05. The number of hydrogen-bond acceptors (Lipinski definition) is 3. The van der Waals surface area contributed by atoms with Crippen LogP contribution in [0.25, 0.3) is 0 Å². The second-order valence-electron chi connectivity index (χ2n) is 4.39. The summed E-state index contributed by atoms with van der Waals surface area (Å²) < 4.78 is 18.1. The number of halogens is 1. The van der Waals surface area contributed by atoms with Crippen LogP contribution < -0.4 is 0 Å². The highest BCUT2D eigenvalue weighted by Gasteiger charge is 2.33. The Bertz CT molecular complexity index is 370. The van der Waals surface area contributed by atoms with Crippen molar-refractivity contribution in [3.63, 3.8) is 0 Å². The third-order valence-corrected chi connectivity index (χ3v) is 3.01. The Morgan fingerprint density at radius 2 is 2.06 bits per heavy atom. The molecule has 1 N–H and O–H groups in total. The molecule has 0 unspecified atom stereocenters. The summed E-state index contributed by atoms with van der Waals surface area (Å²) in [4.78, 5) is 11.6. The van der Waals surface area contributed by atoms with Gasteiger partial charge in [0.15, 0.2) is 0 Å². The van der Waals surface area contributed by atoms with Gasteiger partial charge >= 0.3 is 5.97 Å². The van der Waals surface area contributed by atoms with Crippen molar-refractivity contribution in [2.24, 2.45) is 5.92 Å². The van der Waals surface area contributed by atoms with Gasteiger partial charge in [-0.1, -0.05) is 18.2 Å². The van der Waals surface area contributed by atoms with Gasteiger partial charge in [0, 0.05) is 0 Å². The molecule has 3 atom stereocenters. The Balaban J connectivity index is 1.81. The number of aliphatic hydroxyl groups excluding tert-OH is 1. The predicted molar refractivity (Wildman–Crippen MR) is 60.4 cm³/mol. The number of alkyl halides is 1. The van der Waals surface area contributed by atoms with E-state index in [1.807, 2.05) is 6.07 Å². The molecule has 1 saturated carbocycles. The molecule has 0 radical (unpaired) electrons. The van der Waals surface area contributed by atoms with Gasteiger partial charge in [0.05, 0.1) is 18.3 Å². The van der Waals surface area contributed by atoms with E-state index in [2.05, 4.69) is 0 Å². The van der Waals surface area contributed by atoms with E-state index < -0.39 is 18.2 Å². The first-order chi connectivity index (χ1) is 8.16. The lowest BCUT2D eigenvalue weighted by Gasteiger charge is -2.09. The van der Waals surface area contributed by atoms with Gasteiger partial charge in [0.2, 0.25) is 0 Å². The van der Waals surface area contributed by atoms with Gasteiger partial charge in [-0.05, 0) is 30.9 Å². The van der Waals surface area contributed by atoms with Crippen LogP contribution >= 0.6 is 0 Å². The quantitative estimate of drug-likeness (QED) is 0.819.